The first kappa shape index (κ1) is 23.5. The van der Waals surface area contributed by atoms with Crippen LogP contribution in [-0.2, 0) is 34.8 Å². The Labute approximate surface area is 202 Å². The maximum atomic E-state index is 13.3. The molecule has 1 unspecified atom stereocenters. The van der Waals surface area contributed by atoms with Crippen molar-refractivity contribution in [2.24, 2.45) is 5.73 Å². The number of carbonyl (C=O) groups is 1. The zero-order valence-corrected chi connectivity index (χ0v) is 20.0. The summed E-state index contributed by atoms with van der Waals surface area (Å²) in [6.07, 6.45) is 2.02. The first-order valence-corrected chi connectivity index (χ1v) is 12.0. The number of aromatic nitrogens is 2. The molecule has 4 N–H and O–H groups in total. The van der Waals surface area contributed by atoms with E-state index in [1.165, 1.54) is 0 Å². The van der Waals surface area contributed by atoms with Gasteiger partial charge in [0.2, 0.25) is 0 Å². The number of esters is 1. The molecule has 0 saturated carbocycles. The summed E-state index contributed by atoms with van der Waals surface area (Å²) in [5.41, 5.74) is 7.61. The van der Waals surface area contributed by atoms with Crippen molar-refractivity contribution in [1.29, 1.82) is 0 Å². The molecule has 2 aliphatic rings. The Balaban J connectivity index is 1.60. The molecule has 0 spiro atoms. The zero-order chi connectivity index (χ0) is 24.9. The van der Waals surface area contributed by atoms with E-state index in [0.29, 0.717) is 47.7 Å². The maximum absolute atomic E-state index is 13.3. The number of ether oxygens (including phenoxy) is 1. The van der Waals surface area contributed by atoms with Crippen molar-refractivity contribution in [3.8, 4) is 17.1 Å². The zero-order valence-electron chi connectivity index (χ0n) is 20.0. The van der Waals surface area contributed by atoms with Gasteiger partial charge in [-0.05, 0) is 63.7 Å². The molecule has 9 nitrogen and oxygen atoms in total. The number of unbranched alkanes of at least 4 members (excludes halogenated alkanes) is 1. The van der Waals surface area contributed by atoms with E-state index in [1.54, 1.807) is 29.7 Å². The number of pyridine rings is 2. The number of hydrogen-bond acceptors (Lipinski definition) is 8. The van der Waals surface area contributed by atoms with E-state index in [0.717, 1.165) is 35.9 Å². The third-order valence-corrected chi connectivity index (χ3v) is 7.20. The number of fused-ring (bicyclic) bond motifs is 5. The average Bonchev–Trinajstić information content (AvgIpc) is 3.20. The molecule has 2 aromatic heterocycles. The number of cyclic esters (lactones) is 1. The second-order valence-corrected chi connectivity index (χ2v) is 9.46. The molecule has 184 valence electrons. The molecule has 0 radical (unpaired) electrons. The van der Waals surface area contributed by atoms with Crippen molar-refractivity contribution in [3.63, 3.8) is 0 Å². The molecular weight excluding hydrogens is 448 g/mol. The molecule has 0 amide bonds. The lowest BCUT2D eigenvalue weighted by Gasteiger charge is -2.31. The molecule has 3 aromatic rings. The summed E-state index contributed by atoms with van der Waals surface area (Å²) in [5.74, 6) is -0.533. The number of rotatable bonds is 7. The van der Waals surface area contributed by atoms with Crippen LogP contribution in [0.3, 0.4) is 0 Å². The number of nitrogens with zero attached hydrogens (tertiary/aromatic N) is 3. The quantitative estimate of drug-likeness (QED) is 0.271. The summed E-state index contributed by atoms with van der Waals surface area (Å²) in [5, 5.41) is 22.5. The lowest BCUT2D eigenvalue weighted by molar-refractivity contribution is -0.172. The van der Waals surface area contributed by atoms with Crippen LogP contribution < -0.4 is 11.3 Å². The predicted molar refractivity (Wildman–Crippen MR) is 131 cm³/mol. The summed E-state index contributed by atoms with van der Waals surface area (Å²) in [6.45, 7) is 3.91. The molecule has 1 atom stereocenters. The maximum Gasteiger partial charge on any atom is 0.343 e. The molecule has 35 heavy (non-hydrogen) atoms. The normalized spacial score (nSPS) is 18.5. The number of phenolic OH excluding ortho intramolecular Hbond substituents is 1. The van der Waals surface area contributed by atoms with Crippen LogP contribution in [0.4, 0.5) is 0 Å². The first-order valence-electron chi connectivity index (χ1n) is 12.0. The Morgan fingerprint density at radius 3 is 2.80 bits per heavy atom. The predicted octanol–water partition coefficient (Wildman–Crippen LogP) is 1.96. The van der Waals surface area contributed by atoms with Crippen molar-refractivity contribution in [2.75, 3.05) is 20.1 Å². The highest BCUT2D eigenvalue weighted by molar-refractivity contribution is 5.89. The highest BCUT2D eigenvalue weighted by Crippen LogP contribution is 2.39. The molecule has 0 bridgehead atoms. The molecule has 5 rings (SSSR count). The van der Waals surface area contributed by atoms with Crippen LogP contribution in [0, 0.1) is 0 Å². The Morgan fingerprint density at radius 2 is 2.06 bits per heavy atom. The molecule has 0 aliphatic carbocycles. The van der Waals surface area contributed by atoms with E-state index in [2.05, 4.69) is 4.90 Å². The largest absolute Gasteiger partial charge is 0.508 e. The van der Waals surface area contributed by atoms with Gasteiger partial charge in [0.05, 0.1) is 29.0 Å². The van der Waals surface area contributed by atoms with Gasteiger partial charge in [0.15, 0.2) is 5.60 Å². The van der Waals surface area contributed by atoms with Crippen LogP contribution in [0.2, 0.25) is 0 Å². The average molecular weight is 479 g/mol. The van der Waals surface area contributed by atoms with Crippen LogP contribution in [-0.4, -0.2) is 50.8 Å². The van der Waals surface area contributed by atoms with Gasteiger partial charge in [-0.3, -0.25) is 4.79 Å². The third-order valence-electron chi connectivity index (χ3n) is 7.20. The summed E-state index contributed by atoms with van der Waals surface area (Å²) in [4.78, 5) is 32.7. The second kappa shape index (κ2) is 8.75. The second-order valence-electron chi connectivity index (χ2n) is 9.46. The third kappa shape index (κ3) is 3.71. The van der Waals surface area contributed by atoms with Gasteiger partial charge in [0.25, 0.3) is 5.56 Å². The lowest BCUT2D eigenvalue weighted by atomic mass is 9.86. The molecule has 9 heteroatoms. The molecule has 0 saturated heterocycles. The van der Waals surface area contributed by atoms with Gasteiger partial charge in [-0.15, -0.1) is 0 Å². The van der Waals surface area contributed by atoms with Crippen molar-refractivity contribution >= 4 is 16.9 Å². The van der Waals surface area contributed by atoms with E-state index in [-0.39, 0.29) is 24.3 Å². The van der Waals surface area contributed by atoms with Crippen LogP contribution >= 0.6 is 0 Å². The van der Waals surface area contributed by atoms with Gasteiger partial charge in [-0.2, -0.15) is 0 Å². The summed E-state index contributed by atoms with van der Waals surface area (Å²) in [6, 6.07) is 7.10. The minimum absolute atomic E-state index is 0.0984. The van der Waals surface area contributed by atoms with Crippen molar-refractivity contribution in [2.45, 2.75) is 51.5 Å². The fourth-order valence-electron chi connectivity index (χ4n) is 5.14. The van der Waals surface area contributed by atoms with Gasteiger partial charge in [-0.1, -0.05) is 6.92 Å². The van der Waals surface area contributed by atoms with Crippen LogP contribution in [0.5, 0.6) is 5.75 Å². The van der Waals surface area contributed by atoms with Crippen LogP contribution in [0.25, 0.3) is 22.3 Å². The molecule has 0 fully saturated rings. The fourth-order valence-corrected chi connectivity index (χ4v) is 5.14. The van der Waals surface area contributed by atoms with E-state index in [9.17, 15) is 19.8 Å². The molecule has 2 aliphatic heterocycles. The van der Waals surface area contributed by atoms with E-state index in [1.807, 2.05) is 13.1 Å². The Morgan fingerprint density at radius 1 is 1.26 bits per heavy atom. The summed E-state index contributed by atoms with van der Waals surface area (Å²) in [7, 11) is 2.01. The smallest absolute Gasteiger partial charge is 0.343 e. The highest BCUT2D eigenvalue weighted by atomic mass is 16.6. The Kier molecular flexibility index (Phi) is 5.86. The standard InChI is InChI=1S/C26H30N4O5/c1-3-26(34)19-11-21-23-15(12-30(21)24(32)18(19)14-35-25(26)33)10-16-17(13-29(2)9-5-4-8-27)22(31)7-6-20(16)28-23/h6-7,10-11,31,34H,3-5,8-9,12-14,27H2,1-2H3. The number of carbonyl (C=O) groups excluding carboxylic acids is 1. The van der Waals surface area contributed by atoms with Gasteiger partial charge in [-0.25, -0.2) is 9.78 Å². The fraction of sp³-hybridized carbons (Fsp3) is 0.423. The van der Waals surface area contributed by atoms with Gasteiger partial charge in [0, 0.05) is 28.6 Å². The highest BCUT2D eigenvalue weighted by Gasteiger charge is 2.45. The van der Waals surface area contributed by atoms with Gasteiger partial charge in [0.1, 0.15) is 12.4 Å². The summed E-state index contributed by atoms with van der Waals surface area (Å²) >= 11 is 0. The molecule has 4 heterocycles. The number of hydrogen-bond donors (Lipinski definition) is 3. The van der Waals surface area contributed by atoms with Crippen LogP contribution in [0.15, 0.2) is 29.1 Å². The van der Waals surface area contributed by atoms with Gasteiger partial charge >= 0.3 is 5.97 Å². The van der Waals surface area contributed by atoms with Crippen LogP contribution in [0.1, 0.15) is 48.4 Å². The van der Waals surface area contributed by atoms with E-state index in [4.69, 9.17) is 15.5 Å². The SMILES string of the molecule is CCC1(O)C(=O)OCc2c1cc1n(c2=O)Cc2cc3c(CN(C)CCCCN)c(O)ccc3nc2-1. The van der Waals surface area contributed by atoms with Crippen molar-refractivity contribution < 1.29 is 19.7 Å². The first-order chi connectivity index (χ1) is 16.8. The monoisotopic (exact) mass is 478 g/mol. The minimum Gasteiger partial charge on any atom is -0.508 e. The van der Waals surface area contributed by atoms with E-state index >= 15 is 0 Å². The number of aromatic hydroxyl groups is 1. The molecule has 1 aromatic carbocycles. The number of benzene rings is 1. The summed E-state index contributed by atoms with van der Waals surface area (Å²) < 4.78 is 6.75. The Hall–Kier alpha value is -3.27. The van der Waals surface area contributed by atoms with E-state index < -0.39 is 11.6 Å². The molecular formula is C26H30N4O5. The number of nitrogens with two attached hydrogens (primary N) is 1. The minimum atomic E-state index is -1.85. The topological polar surface area (TPSA) is 131 Å². The van der Waals surface area contributed by atoms with Gasteiger partial charge < -0.3 is 30.2 Å². The van der Waals surface area contributed by atoms with Crippen molar-refractivity contribution in [1.82, 2.24) is 14.5 Å². The Bertz CT molecular complexity index is 1400. The number of aliphatic hydroxyl groups is 1. The van der Waals surface area contributed by atoms with Crippen molar-refractivity contribution in [3.05, 3.63) is 56.9 Å². The lowest BCUT2D eigenvalue weighted by Crippen LogP contribution is -2.44. The number of phenols is 1.